The minimum absolute atomic E-state index is 0.0187. The van der Waals surface area contributed by atoms with Gasteiger partial charge >= 0.3 is 5.97 Å². The minimum Gasteiger partial charge on any atom is -0.468 e. The van der Waals surface area contributed by atoms with Crippen LogP contribution in [0.15, 0.2) is 23.8 Å². The summed E-state index contributed by atoms with van der Waals surface area (Å²) in [6.45, 7) is 4.20. The van der Waals surface area contributed by atoms with Crippen LogP contribution in [0.2, 0.25) is 0 Å². The maximum atomic E-state index is 12.1. The fourth-order valence-electron chi connectivity index (χ4n) is 3.22. The van der Waals surface area contributed by atoms with Crippen LogP contribution in [-0.4, -0.2) is 49.5 Å². The number of rotatable bonds is 6. The van der Waals surface area contributed by atoms with Crippen LogP contribution in [0.25, 0.3) is 0 Å². The third-order valence-corrected chi connectivity index (χ3v) is 4.62. The number of likely N-dealkylation sites (N-methyl/N-ethyl adjacent to an activating group) is 2. The lowest BCUT2D eigenvalue weighted by Gasteiger charge is -2.27. The van der Waals surface area contributed by atoms with E-state index in [1.54, 1.807) is 0 Å². The zero-order chi connectivity index (χ0) is 16.3. The van der Waals surface area contributed by atoms with Gasteiger partial charge in [-0.3, -0.25) is 14.5 Å². The molecule has 2 fully saturated rings. The summed E-state index contributed by atoms with van der Waals surface area (Å²) in [5.74, 6) is -0.165. The van der Waals surface area contributed by atoms with E-state index in [2.05, 4.69) is 30.1 Å². The first-order chi connectivity index (χ1) is 10.5. The Morgan fingerprint density at radius 1 is 1.41 bits per heavy atom. The summed E-state index contributed by atoms with van der Waals surface area (Å²) in [6, 6.07) is 0. The van der Waals surface area contributed by atoms with Crippen LogP contribution < -0.4 is 0 Å². The molecular weight excluding hydrogens is 280 g/mol. The molecule has 1 saturated carbocycles. The maximum Gasteiger partial charge on any atom is 0.315 e. The number of esters is 1. The van der Waals surface area contributed by atoms with Gasteiger partial charge < -0.3 is 4.74 Å². The molecule has 0 spiro atoms. The van der Waals surface area contributed by atoms with E-state index in [9.17, 15) is 4.79 Å². The number of hydrogen-bond donors (Lipinski definition) is 0. The highest BCUT2D eigenvalue weighted by molar-refractivity contribution is 5.80. The van der Waals surface area contributed by atoms with Crippen molar-refractivity contribution in [1.82, 2.24) is 9.96 Å². The Bertz CT molecular complexity index is 469. The number of carbonyl (C=O) groups is 1. The van der Waals surface area contributed by atoms with Gasteiger partial charge in [-0.15, -0.1) is 0 Å². The Labute approximate surface area is 133 Å². The van der Waals surface area contributed by atoms with Crippen LogP contribution in [-0.2, 0) is 14.4 Å². The van der Waals surface area contributed by atoms with E-state index in [-0.39, 0.29) is 18.4 Å². The lowest BCUT2D eigenvalue weighted by atomic mass is 10.0. The monoisotopic (exact) mass is 308 g/mol. The molecule has 2 aliphatic rings. The fourth-order valence-corrected chi connectivity index (χ4v) is 3.22. The molecule has 1 saturated heterocycles. The molecule has 1 aliphatic carbocycles. The molecular formula is C17H28N2O3. The molecule has 0 aromatic carbocycles. The number of methoxy groups -OCH3 is 1. The summed E-state index contributed by atoms with van der Waals surface area (Å²) in [6.07, 6.45) is 10.1. The lowest BCUT2D eigenvalue weighted by Crippen LogP contribution is -2.44. The van der Waals surface area contributed by atoms with Gasteiger partial charge in [0.05, 0.1) is 7.11 Å². The Balaban J connectivity index is 2.16. The Kier molecular flexibility index (Phi) is 5.42. The molecule has 1 heterocycles. The van der Waals surface area contributed by atoms with Gasteiger partial charge in [-0.25, -0.2) is 0 Å². The van der Waals surface area contributed by atoms with Crippen LogP contribution >= 0.6 is 0 Å². The summed E-state index contributed by atoms with van der Waals surface area (Å²) in [7, 11) is 5.38. The zero-order valence-corrected chi connectivity index (χ0v) is 14.3. The molecule has 5 nitrogen and oxygen atoms in total. The van der Waals surface area contributed by atoms with Gasteiger partial charge in [0.15, 0.2) is 0 Å². The molecule has 22 heavy (non-hydrogen) atoms. The summed E-state index contributed by atoms with van der Waals surface area (Å²) >= 11 is 0. The second kappa shape index (κ2) is 6.94. The number of unbranched alkanes of at least 4 members (excludes halogenated alkanes) is 1. The van der Waals surface area contributed by atoms with Crippen molar-refractivity contribution in [3.05, 3.63) is 23.8 Å². The molecule has 5 heteroatoms. The van der Waals surface area contributed by atoms with E-state index in [0.29, 0.717) is 0 Å². The molecule has 1 aliphatic heterocycles. The topological polar surface area (TPSA) is 42.0 Å². The number of carbonyl (C=O) groups excluding carboxylic acids is 1. The highest BCUT2D eigenvalue weighted by atomic mass is 16.7. The van der Waals surface area contributed by atoms with Crippen LogP contribution in [0.1, 0.15) is 39.5 Å². The average Bonchev–Trinajstić information content (AvgIpc) is 3.26. The number of nitrogens with zero attached hydrogens (tertiary/aromatic N) is 2. The largest absolute Gasteiger partial charge is 0.468 e. The van der Waals surface area contributed by atoms with E-state index < -0.39 is 5.41 Å². The molecule has 0 aromatic rings. The van der Waals surface area contributed by atoms with Crippen molar-refractivity contribution in [3.8, 4) is 0 Å². The normalized spacial score (nSPS) is 29.2. The van der Waals surface area contributed by atoms with Gasteiger partial charge in [0, 0.05) is 7.05 Å². The van der Waals surface area contributed by atoms with E-state index in [4.69, 9.17) is 9.57 Å². The van der Waals surface area contributed by atoms with Gasteiger partial charge in [-0.05, 0) is 38.8 Å². The second-order valence-electron chi connectivity index (χ2n) is 6.17. The van der Waals surface area contributed by atoms with Crippen molar-refractivity contribution in [1.29, 1.82) is 0 Å². The van der Waals surface area contributed by atoms with E-state index >= 15 is 0 Å². The Hall–Kier alpha value is -1.17. The van der Waals surface area contributed by atoms with Crippen LogP contribution in [0, 0.1) is 5.41 Å². The van der Waals surface area contributed by atoms with Gasteiger partial charge in [0.1, 0.15) is 17.8 Å². The van der Waals surface area contributed by atoms with E-state index in [1.165, 1.54) is 12.7 Å². The summed E-state index contributed by atoms with van der Waals surface area (Å²) in [5, 5.41) is 1.85. The first-order valence-corrected chi connectivity index (χ1v) is 8.04. The average molecular weight is 308 g/mol. The predicted octanol–water partition coefficient (Wildman–Crippen LogP) is 2.70. The molecule has 2 rings (SSSR count). The molecule has 0 bridgehead atoms. The molecule has 2 unspecified atom stereocenters. The highest BCUT2D eigenvalue weighted by Gasteiger charge is 2.63. The van der Waals surface area contributed by atoms with Crippen LogP contribution in [0.5, 0.6) is 0 Å². The zero-order valence-electron chi connectivity index (χ0n) is 14.3. The number of hydrogen-bond acceptors (Lipinski definition) is 5. The summed E-state index contributed by atoms with van der Waals surface area (Å²) in [5.41, 5.74) is 0.681. The lowest BCUT2D eigenvalue weighted by molar-refractivity contribution is -0.182. The molecule has 0 aromatic heterocycles. The predicted molar refractivity (Wildman–Crippen MR) is 85.7 cm³/mol. The van der Waals surface area contributed by atoms with Crippen LogP contribution in [0.4, 0.5) is 0 Å². The molecule has 0 N–H and O–H groups in total. The first kappa shape index (κ1) is 17.2. The third kappa shape index (κ3) is 2.98. The number of allylic oxidation sites excluding steroid dienone is 2. The number of hydroxylamine groups is 2. The summed E-state index contributed by atoms with van der Waals surface area (Å²) in [4.78, 5) is 20.3. The third-order valence-electron chi connectivity index (χ3n) is 4.62. The Morgan fingerprint density at radius 3 is 2.59 bits per heavy atom. The van der Waals surface area contributed by atoms with Crippen molar-refractivity contribution in [2.45, 2.75) is 51.9 Å². The van der Waals surface area contributed by atoms with Crippen LogP contribution in [0.3, 0.4) is 0 Å². The highest BCUT2D eigenvalue weighted by Crippen LogP contribution is 2.54. The standard InChI is InChI=1S/C17H28N2O3/c1-6-8-9-10-13(7-2)14-18(3)15(22-19(14)4)17(11-12-17)16(20)21-5/h7,9-10,14-15H,6,8,11-12H2,1-5H3/b10-9-,13-7+. The molecule has 0 amide bonds. The molecule has 0 radical (unpaired) electrons. The Morgan fingerprint density at radius 2 is 2.09 bits per heavy atom. The number of ether oxygens (including phenoxy) is 1. The van der Waals surface area contributed by atoms with Crippen molar-refractivity contribution < 1.29 is 14.4 Å². The SMILES string of the molecule is C/C=C(\C=C/CCC)C1N(C)OC(C2(C(=O)OC)CC2)N1C. The van der Waals surface area contributed by atoms with Gasteiger partial charge in [-0.1, -0.05) is 31.6 Å². The van der Waals surface area contributed by atoms with Crippen molar-refractivity contribution in [2.75, 3.05) is 21.2 Å². The molecule has 2 atom stereocenters. The quantitative estimate of drug-likeness (QED) is 0.557. The van der Waals surface area contributed by atoms with Crippen molar-refractivity contribution in [2.24, 2.45) is 5.41 Å². The van der Waals surface area contributed by atoms with Crippen molar-refractivity contribution in [3.63, 3.8) is 0 Å². The molecule has 124 valence electrons. The maximum absolute atomic E-state index is 12.1. The van der Waals surface area contributed by atoms with Gasteiger partial charge in [0.2, 0.25) is 0 Å². The van der Waals surface area contributed by atoms with Gasteiger partial charge in [-0.2, -0.15) is 5.06 Å². The van der Waals surface area contributed by atoms with Crippen molar-refractivity contribution >= 4 is 5.97 Å². The minimum atomic E-state index is -0.501. The van der Waals surface area contributed by atoms with E-state index in [0.717, 1.165) is 25.7 Å². The first-order valence-electron chi connectivity index (χ1n) is 8.04. The summed E-state index contributed by atoms with van der Waals surface area (Å²) < 4.78 is 4.98. The smallest absolute Gasteiger partial charge is 0.315 e. The second-order valence-corrected chi connectivity index (χ2v) is 6.17. The fraction of sp³-hybridized carbons (Fsp3) is 0.706. The van der Waals surface area contributed by atoms with Gasteiger partial charge in [0.25, 0.3) is 0 Å². The van der Waals surface area contributed by atoms with E-state index in [1.807, 2.05) is 26.1 Å².